The number of benzene rings is 3. The van der Waals surface area contributed by atoms with Crippen LogP contribution in [-0.4, -0.2) is 43.8 Å². The van der Waals surface area contributed by atoms with E-state index in [9.17, 15) is 18.0 Å². The van der Waals surface area contributed by atoms with Gasteiger partial charge in [0.05, 0.1) is 10.6 Å². The molecule has 0 spiro atoms. The Kier molecular flexibility index (Phi) is 10.3. The number of hydrogen-bond acceptors (Lipinski definition) is 4. The van der Waals surface area contributed by atoms with Crippen LogP contribution in [0.3, 0.4) is 0 Å². The molecule has 0 heterocycles. The molecule has 0 unspecified atom stereocenters. The number of amides is 2. The van der Waals surface area contributed by atoms with Gasteiger partial charge in [0.1, 0.15) is 12.6 Å². The van der Waals surface area contributed by atoms with E-state index in [-0.39, 0.29) is 23.4 Å². The van der Waals surface area contributed by atoms with Crippen LogP contribution in [0.5, 0.6) is 0 Å². The van der Waals surface area contributed by atoms with Crippen LogP contribution in [-0.2, 0) is 32.6 Å². The Morgan fingerprint density at radius 1 is 0.949 bits per heavy atom. The Bertz CT molecular complexity index is 1410. The van der Waals surface area contributed by atoms with Crippen molar-refractivity contribution in [3.63, 3.8) is 0 Å². The van der Waals surface area contributed by atoms with Crippen molar-refractivity contribution >= 4 is 43.5 Å². The normalized spacial score (nSPS) is 12.2. The lowest BCUT2D eigenvalue weighted by Gasteiger charge is -2.33. The zero-order valence-corrected chi connectivity index (χ0v) is 25.4. The van der Waals surface area contributed by atoms with Crippen LogP contribution in [0.4, 0.5) is 5.69 Å². The third-order valence-electron chi connectivity index (χ3n) is 6.37. The molecule has 0 saturated carbocycles. The molecule has 1 atom stereocenters. The molecule has 1 N–H and O–H groups in total. The maximum Gasteiger partial charge on any atom is 0.264 e. The summed E-state index contributed by atoms with van der Waals surface area (Å²) in [5.41, 5.74) is 2.97. The molecule has 0 fully saturated rings. The lowest BCUT2D eigenvalue weighted by atomic mass is 10.1. The number of para-hydroxylation sites is 1. The molecule has 0 bridgehead atoms. The van der Waals surface area contributed by atoms with Crippen LogP contribution < -0.4 is 9.62 Å². The molecule has 7 nitrogen and oxygen atoms in total. The van der Waals surface area contributed by atoms with Crippen LogP contribution >= 0.6 is 15.9 Å². The first-order chi connectivity index (χ1) is 18.4. The summed E-state index contributed by atoms with van der Waals surface area (Å²) in [6.07, 6.45) is 0.583. The summed E-state index contributed by atoms with van der Waals surface area (Å²) in [4.78, 5) is 28.6. The van der Waals surface area contributed by atoms with Gasteiger partial charge in [-0.2, -0.15) is 0 Å². The SMILES string of the molecule is CCc1ccccc1N(CC(=O)N(Cc1cccc(Br)c1)[C@H](C)C(=O)NC(C)C)S(=O)(=O)c1ccc(C)cc1. The largest absolute Gasteiger partial charge is 0.352 e. The highest BCUT2D eigenvalue weighted by atomic mass is 79.9. The predicted molar refractivity (Wildman–Crippen MR) is 159 cm³/mol. The lowest BCUT2D eigenvalue weighted by molar-refractivity contribution is -0.139. The Morgan fingerprint density at radius 2 is 1.62 bits per heavy atom. The van der Waals surface area contributed by atoms with Crippen molar-refractivity contribution in [1.82, 2.24) is 10.2 Å². The van der Waals surface area contributed by atoms with Crippen molar-refractivity contribution in [2.24, 2.45) is 0 Å². The van der Waals surface area contributed by atoms with E-state index in [4.69, 9.17) is 0 Å². The number of nitrogens with zero attached hydrogens (tertiary/aromatic N) is 2. The van der Waals surface area contributed by atoms with Crippen molar-refractivity contribution in [2.45, 2.75) is 64.6 Å². The van der Waals surface area contributed by atoms with Crippen molar-refractivity contribution in [1.29, 1.82) is 0 Å². The van der Waals surface area contributed by atoms with Gasteiger partial charge in [0.2, 0.25) is 11.8 Å². The zero-order valence-electron chi connectivity index (χ0n) is 23.0. The van der Waals surface area contributed by atoms with E-state index in [1.807, 2.05) is 64.1 Å². The molecule has 0 aromatic heterocycles. The summed E-state index contributed by atoms with van der Waals surface area (Å²) >= 11 is 3.46. The fourth-order valence-corrected chi connectivity index (χ4v) is 6.12. The van der Waals surface area contributed by atoms with Gasteiger partial charge in [-0.1, -0.05) is 70.9 Å². The maximum absolute atomic E-state index is 14.0. The van der Waals surface area contributed by atoms with E-state index in [1.54, 1.807) is 43.3 Å². The number of hydrogen-bond donors (Lipinski definition) is 1. The first kappa shape index (κ1) is 30.4. The number of sulfonamides is 1. The average Bonchev–Trinajstić information content (AvgIpc) is 2.89. The van der Waals surface area contributed by atoms with Crippen molar-refractivity contribution in [3.8, 4) is 0 Å². The number of anilines is 1. The predicted octanol–water partition coefficient (Wildman–Crippen LogP) is 5.46. The highest BCUT2D eigenvalue weighted by Crippen LogP contribution is 2.28. The Balaban J connectivity index is 2.07. The van der Waals surface area contributed by atoms with Crippen LogP contribution in [0, 0.1) is 6.92 Å². The van der Waals surface area contributed by atoms with Crippen LogP contribution in [0.1, 0.15) is 44.4 Å². The molecule has 2 amide bonds. The molecule has 3 aromatic rings. The fraction of sp³-hybridized carbons (Fsp3) is 0.333. The minimum atomic E-state index is -4.10. The van der Waals surface area contributed by atoms with Crippen molar-refractivity contribution in [2.75, 3.05) is 10.8 Å². The average molecular weight is 615 g/mol. The van der Waals surface area contributed by atoms with Gasteiger partial charge in [-0.3, -0.25) is 13.9 Å². The van der Waals surface area contributed by atoms with Crippen LogP contribution in [0.25, 0.3) is 0 Å². The topological polar surface area (TPSA) is 86.8 Å². The molecular formula is C30H36BrN3O4S. The fourth-order valence-electron chi connectivity index (χ4n) is 4.22. The minimum Gasteiger partial charge on any atom is -0.352 e. The summed E-state index contributed by atoms with van der Waals surface area (Å²) in [6.45, 7) is 8.86. The van der Waals surface area contributed by atoms with E-state index in [2.05, 4.69) is 21.2 Å². The second-order valence-corrected chi connectivity index (χ2v) is 12.6. The molecular weight excluding hydrogens is 578 g/mol. The Hall–Kier alpha value is -3.17. The monoisotopic (exact) mass is 613 g/mol. The summed E-state index contributed by atoms with van der Waals surface area (Å²) in [6, 6.07) is 20.3. The molecule has 3 aromatic carbocycles. The number of carbonyl (C=O) groups excluding carboxylic acids is 2. The quantitative estimate of drug-likeness (QED) is 0.311. The van der Waals surface area contributed by atoms with Crippen molar-refractivity contribution in [3.05, 3.63) is 94.0 Å². The van der Waals surface area contributed by atoms with Crippen molar-refractivity contribution < 1.29 is 18.0 Å². The zero-order chi connectivity index (χ0) is 28.7. The van der Waals surface area contributed by atoms with E-state index in [0.29, 0.717) is 12.1 Å². The molecule has 208 valence electrons. The lowest BCUT2D eigenvalue weighted by Crippen LogP contribution is -2.52. The molecule has 9 heteroatoms. The van der Waals surface area contributed by atoms with E-state index >= 15 is 0 Å². The number of halogens is 1. The molecule has 0 radical (unpaired) electrons. The van der Waals surface area contributed by atoms with Gasteiger partial charge in [0, 0.05) is 17.1 Å². The molecule has 0 aliphatic rings. The molecule has 39 heavy (non-hydrogen) atoms. The van der Waals surface area contributed by atoms with E-state index in [1.165, 1.54) is 9.21 Å². The molecule has 0 saturated heterocycles. The Labute approximate surface area is 240 Å². The van der Waals surface area contributed by atoms with Crippen LogP contribution in [0.2, 0.25) is 0 Å². The van der Waals surface area contributed by atoms with Gasteiger partial charge in [-0.05, 0) is 75.6 Å². The number of carbonyl (C=O) groups is 2. The summed E-state index contributed by atoms with van der Waals surface area (Å²) in [5, 5.41) is 2.87. The third kappa shape index (κ3) is 7.70. The first-order valence-electron chi connectivity index (χ1n) is 13.0. The summed E-state index contributed by atoms with van der Waals surface area (Å²) in [7, 11) is -4.10. The second kappa shape index (κ2) is 13.3. The van der Waals surface area contributed by atoms with Gasteiger partial charge in [-0.15, -0.1) is 0 Å². The summed E-state index contributed by atoms with van der Waals surface area (Å²) < 4.78 is 30.0. The van der Waals surface area contributed by atoms with Gasteiger partial charge < -0.3 is 10.2 Å². The Morgan fingerprint density at radius 3 is 2.23 bits per heavy atom. The molecule has 0 aliphatic carbocycles. The third-order valence-corrected chi connectivity index (χ3v) is 8.64. The number of rotatable bonds is 11. The maximum atomic E-state index is 14.0. The second-order valence-electron chi connectivity index (χ2n) is 9.80. The van der Waals surface area contributed by atoms with Gasteiger partial charge in [0.25, 0.3) is 10.0 Å². The standard InChI is InChI=1S/C30H36BrN3O4S/c1-6-25-11-7-8-13-28(25)34(39(37,38)27-16-14-22(4)15-17-27)20-29(35)33(23(5)30(36)32-21(2)3)19-24-10-9-12-26(31)18-24/h7-18,21,23H,6,19-20H2,1-5H3,(H,32,36)/t23-/m1/s1. The van der Waals surface area contributed by atoms with E-state index < -0.39 is 28.5 Å². The number of nitrogens with one attached hydrogen (secondary N) is 1. The molecule has 3 rings (SSSR count). The van der Waals surface area contributed by atoms with Gasteiger partial charge in [0.15, 0.2) is 0 Å². The van der Waals surface area contributed by atoms with Gasteiger partial charge >= 0.3 is 0 Å². The van der Waals surface area contributed by atoms with Crippen LogP contribution in [0.15, 0.2) is 82.2 Å². The summed E-state index contributed by atoms with van der Waals surface area (Å²) in [5.74, 6) is -0.793. The highest BCUT2D eigenvalue weighted by Gasteiger charge is 2.33. The smallest absolute Gasteiger partial charge is 0.264 e. The van der Waals surface area contributed by atoms with E-state index in [0.717, 1.165) is 21.2 Å². The highest BCUT2D eigenvalue weighted by molar-refractivity contribution is 9.10. The first-order valence-corrected chi connectivity index (χ1v) is 15.2. The molecule has 0 aliphatic heterocycles. The number of aryl methyl sites for hydroxylation is 2. The minimum absolute atomic E-state index is 0.0935. The van der Waals surface area contributed by atoms with Gasteiger partial charge in [-0.25, -0.2) is 8.42 Å².